The van der Waals surface area contributed by atoms with E-state index in [1.54, 1.807) is 25.3 Å². The number of benzene rings is 2. The van der Waals surface area contributed by atoms with E-state index in [-0.39, 0.29) is 11.1 Å². The fourth-order valence-electron chi connectivity index (χ4n) is 3.13. The molecule has 0 N–H and O–H groups in total. The van der Waals surface area contributed by atoms with E-state index in [4.69, 9.17) is 25.8 Å². The first kappa shape index (κ1) is 23.2. The zero-order valence-electron chi connectivity index (χ0n) is 17.6. The third-order valence-electron chi connectivity index (χ3n) is 4.62. The molecule has 2 aromatic rings. The van der Waals surface area contributed by atoms with Crippen LogP contribution in [-0.4, -0.2) is 43.4 Å². The Morgan fingerprint density at radius 3 is 2.68 bits per heavy atom. The number of thioether (sulfide) groups is 1. The molecular formula is C23H24ClNO5S. The molecule has 8 heteroatoms. The van der Waals surface area contributed by atoms with Crippen LogP contribution in [0.2, 0.25) is 5.02 Å². The van der Waals surface area contributed by atoms with Gasteiger partial charge in [-0.1, -0.05) is 41.4 Å². The number of imide groups is 1. The van der Waals surface area contributed by atoms with Crippen LogP contribution in [-0.2, 0) is 16.1 Å². The summed E-state index contributed by atoms with van der Waals surface area (Å²) in [6.07, 6.45) is 2.23. The maximum Gasteiger partial charge on any atom is 0.293 e. The van der Waals surface area contributed by atoms with Crippen LogP contribution in [0.25, 0.3) is 6.08 Å². The van der Waals surface area contributed by atoms with Crippen LogP contribution in [0.1, 0.15) is 23.1 Å². The lowest BCUT2D eigenvalue weighted by molar-refractivity contribution is -0.122. The zero-order chi connectivity index (χ0) is 22.4. The minimum atomic E-state index is -0.319. The number of carbonyl (C=O) groups is 2. The van der Waals surface area contributed by atoms with Crippen LogP contribution < -0.4 is 9.47 Å². The molecule has 2 amide bonds. The molecule has 6 nitrogen and oxygen atoms in total. The molecule has 0 bridgehead atoms. The number of hydrogen-bond acceptors (Lipinski definition) is 6. The molecule has 0 unspecified atom stereocenters. The molecule has 1 fully saturated rings. The summed E-state index contributed by atoms with van der Waals surface area (Å²) in [4.78, 5) is 26.3. The first-order valence-electron chi connectivity index (χ1n) is 9.73. The number of halogens is 1. The summed E-state index contributed by atoms with van der Waals surface area (Å²) in [6.45, 7) is 3.17. The van der Waals surface area contributed by atoms with Crippen molar-refractivity contribution in [2.75, 3.05) is 27.4 Å². The highest BCUT2D eigenvalue weighted by atomic mass is 35.5. The van der Waals surface area contributed by atoms with E-state index in [9.17, 15) is 9.59 Å². The standard InChI is InChI=1S/C23H24ClNO5S/c1-15-6-4-7-16(10-15)14-30-21-18(24)11-17(12-19(21)29-3)13-20-22(26)25(23(27)31-20)8-5-9-28-2/h4,6-7,10-13H,5,8-9,14H2,1-3H3/b20-13+. The molecule has 0 aromatic heterocycles. The number of amides is 2. The van der Waals surface area contributed by atoms with E-state index < -0.39 is 0 Å². The highest BCUT2D eigenvalue weighted by Gasteiger charge is 2.34. The Morgan fingerprint density at radius 1 is 1.16 bits per heavy atom. The summed E-state index contributed by atoms with van der Waals surface area (Å²) in [5.41, 5.74) is 2.81. The highest BCUT2D eigenvalue weighted by Crippen LogP contribution is 2.39. The lowest BCUT2D eigenvalue weighted by atomic mass is 10.1. The van der Waals surface area contributed by atoms with Crippen molar-refractivity contribution >= 4 is 40.6 Å². The van der Waals surface area contributed by atoms with Crippen molar-refractivity contribution in [1.29, 1.82) is 0 Å². The van der Waals surface area contributed by atoms with Gasteiger partial charge in [0.15, 0.2) is 11.5 Å². The Balaban J connectivity index is 1.78. The number of methoxy groups -OCH3 is 2. The average Bonchev–Trinajstić information content (AvgIpc) is 3.00. The second-order valence-corrected chi connectivity index (χ2v) is 8.39. The first-order chi connectivity index (χ1) is 14.9. The molecule has 1 aliphatic rings. The summed E-state index contributed by atoms with van der Waals surface area (Å²) in [5, 5.41) is 0.0705. The number of hydrogen-bond donors (Lipinski definition) is 0. The molecule has 164 valence electrons. The van der Waals surface area contributed by atoms with Crippen LogP contribution in [0.3, 0.4) is 0 Å². The van der Waals surface area contributed by atoms with Crippen molar-refractivity contribution in [3.63, 3.8) is 0 Å². The number of nitrogens with zero attached hydrogens (tertiary/aromatic N) is 1. The molecule has 2 aromatic carbocycles. The fourth-order valence-corrected chi connectivity index (χ4v) is 4.27. The second-order valence-electron chi connectivity index (χ2n) is 6.99. The van der Waals surface area contributed by atoms with Crippen molar-refractivity contribution in [3.8, 4) is 11.5 Å². The van der Waals surface area contributed by atoms with Crippen LogP contribution in [0.4, 0.5) is 4.79 Å². The Bertz CT molecular complexity index is 1010. The van der Waals surface area contributed by atoms with Crippen molar-refractivity contribution in [2.24, 2.45) is 0 Å². The lowest BCUT2D eigenvalue weighted by Gasteiger charge is -2.14. The van der Waals surface area contributed by atoms with E-state index in [0.717, 1.165) is 22.9 Å². The van der Waals surface area contributed by atoms with Crippen LogP contribution in [0, 0.1) is 6.92 Å². The van der Waals surface area contributed by atoms with E-state index in [2.05, 4.69) is 0 Å². The van der Waals surface area contributed by atoms with Gasteiger partial charge in [-0.3, -0.25) is 14.5 Å². The monoisotopic (exact) mass is 461 g/mol. The largest absolute Gasteiger partial charge is 0.493 e. The molecule has 1 saturated heterocycles. The Hall–Kier alpha value is -2.48. The molecule has 0 atom stereocenters. The Labute approximate surface area is 191 Å². The topological polar surface area (TPSA) is 65.1 Å². The minimum absolute atomic E-state index is 0.288. The summed E-state index contributed by atoms with van der Waals surface area (Å²) >= 11 is 7.37. The van der Waals surface area contributed by atoms with E-state index in [0.29, 0.717) is 53.2 Å². The van der Waals surface area contributed by atoms with Crippen LogP contribution >= 0.6 is 23.4 Å². The molecule has 0 saturated carbocycles. The predicted molar refractivity (Wildman–Crippen MR) is 123 cm³/mol. The number of aryl methyl sites for hydroxylation is 1. The van der Waals surface area contributed by atoms with Gasteiger partial charge in [0.2, 0.25) is 0 Å². The molecule has 0 radical (unpaired) electrons. The summed E-state index contributed by atoms with van der Waals surface area (Å²) in [5.74, 6) is 0.558. The number of carbonyl (C=O) groups excluding carboxylic acids is 2. The summed E-state index contributed by atoms with van der Waals surface area (Å²) in [7, 11) is 3.11. The van der Waals surface area contributed by atoms with Gasteiger partial charge in [-0.25, -0.2) is 0 Å². The molecule has 0 aliphatic carbocycles. The summed E-state index contributed by atoms with van der Waals surface area (Å²) < 4.78 is 16.4. The maximum absolute atomic E-state index is 12.6. The molecular weight excluding hydrogens is 438 g/mol. The predicted octanol–water partition coefficient (Wildman–Crippen LogP) is 5.31. The normalized spacial score (nSPS) is 15.1. The lowest BCUT2D eigenvalue weighted by Crippen LogP contribution is -2.29. The zero-order valence-corrected chi connectivity index (χ0v) is 19.2. The fraction of sp³-hybridized carbons (Fsp3) is 0.304. The number of rotatable bonds is 9. The van der Waals surface area contributed by atoms with Gasteiger partial charge in [-0.2, -0.15) is 0 Å². The summed E-state index contributed by atoms with van der Waals surface area (Å²) in [6, 6.07) is 11.4. The van der Waals surface area contributed by atoms with E-state index in [1.165, 1.54) is 12.0 Å². The van der Waals surface area contributed by atoms with Crippen molar-refractivity contribution in [2.45, 2.75) is 20.0 Å². The number of ether oxygens (including phenoxy) is 3. The van der Waals surface area contributed by atoms with Crippen molar-refractivity contribution in [3.05, 3.63) is 63.0 Å². The van der Waals surface area contributed by atoms with Gasteiger partial charge in [0, 0.05) is 20.3 Å². The molecule has 0 spiro atoms. The SMILES string of the molecule is COCCCN1C(=O)S/C(=C/c2cc(Cl)c(OCc3cccc(C)c3)c(OC)c2)C1=O. The van der Waals surface area contributed by atoms with Crippen LogP contribution in [0.5, 0.6) is 11.5 Å². The van der Waals surface area contributed by atoms with Gasteiger partial charge in [0.25, 0.3) is 11.1 Å². The molecule has 1 aliphatic heterocycles. The highest BCUT2D eigenvalue weighted by molar-refractivity contribution is 8.18. The second kappa shape index (κ2) is 10.7. The third-order valence-corrected chi connectivity index (χ3v) is 5.81. The average molecular weight is 462 g/mol. The maximum atomic E-state index is 12.6. The third kappa shape index (κ3) is 5.81. The minimum Gasteiger partial charge on any atom is -0.493 e. The molecule has 31 heavy (non-hydrogen) atoms. The van der Waals surface area contributed by atoms with Gasteiger partial charge in [-0.15, -0.1) is 0 Å². The Morgan fingerprint density at radius 2 is 1.97 bits per heavy atom. The van der Waals surface area contributed by atoms with Gasteiger partial charge < -0.3 is 14.2 Å². The molecule has 3 rings (SSSR count). The van der Waals surface area contributed by atoms with Crippen molar-refractivity contribution < 1.29 is 23.8 Å². The molecule has 1 heterocycles. The van der Waals surface area contributed by atoms with Gasteiger partial charge in [0.1, 0.15) is 6.61 Å². The Kier molecular flexibility index (Phi) is 8.01. The van der Waals surface area contributed by atoms with Gasteiger partial charge in [-0.05, 0) is 54.4 Å². The van der Waals surface area contributed by atoms with Crippen LogP contribution in [0.15, 0.2) is 41.3 Å². The first-order valence-corrected chi connectivity index (χ1v) is 10.9. The smallest absolute Gasteiger partial charge is 0.293 e. The van der Waals surface area contributed by atoms with E-state index in [1.807, 2.05) is 31.2 Å². The van der Waals surface area contributed by atoms with E-state index >= 15 is 0 Å². The van der Waals surface area contributed by atoms with Gasteiger partial charge >= 0.3 is 0 Å². The van der Waals surface area contributed by atoms with Crippen molar-refractivity contribution in [1.82, 2.24) is 4.90 Å². The quantitative estimate of drug-likeness (QED) is 0.372. The van der Waals surface area contributed by atoms with Gasteiger partial charge in [0.05, 0.1) is 17.0 Å².